The Balaban J connectivity index is 2.14. The quantitative estimate of drug-likeness (QED) is 0.591. The molecule has 22 heavy (non-hydrogen) atoms. The van der Waals surface area contributed by atoms with Crippen molar-refractivity contribution in [3.05, 3.63) is 47.9 Å². The molecule has 3 rings (SSSR count). The van der Waals surface area contributed by atoms with Gasteiger partial charge in [-0.15, -0.1) is 6.42 Å². The van der Waals surface area contributed by atoms with Crippen LogP contribution in [0.5, 0.6) is 0 Å². The van der Waals surface area contributed by atoms with Crippen molar-refractivity contribution in [3.63, 3.8) is 0 Å². The Bertz CT molecular complexity index is 879. The number of amides is 1. The highest BCUT2D eigenvalue weighted by molar-refractivity contribution is 6.29. The normalized spacial score (nSPS) is 10.4. The molecule has 0 spiro atoms. The summed E-state index contributed by atoms with van der Waals surface area (Å²) in [5.74, 6) is 2.23. The molecule has 0 aliphatic rings. The van der Waals surface area contributed by atoms with E-state index in [4.69, 9.17) is 18.0 Å². The van der Waals surface area contributed by atoms with Gasteiger partial charge in [0, 0.05) is 24.2 Å². The van der Waals surface area contributed by atoms with E-state index in [-0.39, 0.29) is 18.3 Å². The average Bonchev–Trinajstić information content (AvgIpc) is 2.93. The lowest BCUT2D eigenvalue weighted by Gasteiger charge is -2.00. The molecule has 108 valence electrons. The van der Waals surface area contributed by atoms with Crippen LogP contribution in [0.4, 0.5) is 0 Å². The van der Waals surface area contributed by atoms with Gasteiger partial charge in [-0.05, 0) is 12.1 Å². The number of hydrogen-bond donors (Lipinski definition) is 1. The van der Waals surface area contributed by atoms with Gasteiger partial charge >= 0.3 is 0 Å². The lowest BCUT2D eigenvalue weighted by atomic mass is 10.2. The largest absolute Gasteiger partial charge is 0.338 e. The standard InChI is InChI=1S/C15H10ClN5O/c1-2-5-18-15(22)14-20-13(10-3-4-12(16)19-8-10)11-9-17-6-7-21(11)14/h1,3-4,6-9H,5H2,(H,18,22). The van der Waals surface area contributed by atoms with Crippen LogP contribution >= 0.6 is 11.6 Å². The van der Waals surface area contributed by atoms with Gasteiger partial charge in [0.15, 0.2) is 0 Å². The van der Waals surface area contributed by atoms with Crippen LogP contribution in [0.25, 0.3) is 16.8 Å². The zero-order valence-electron chi connectivity index (χ0n) is 11.3. The number of halogens is 1. The zero-order chi connectivity index (χ0) is 15.5. The van der Waals surface area contributed by atoms with Gasteiger partial charge in [-0.1, -0.05) is 17.5 Å². The van der Waals surface area contributed by atoms with E-state index in [1.165, 1.54) is 0 Å². The molecule has 0 aliphatic heterocycles. The molecular weight excluding hydrogens is 302 g/mol. The fraction of sp³-hybridized carbons (Fsp3) is 0.0667. The first kappa shape index (κ1) is 14.0. The highest BCUT2D eigenvalue weighted by atomic mass is 35.5. The summed E-state index contributed by atoms with van der Waals surface area (Å²) in [7, 11) is 0. The van der Waals surface area contributed by atoms with Crippen molar-refractivity contribution >= 4 is 23.0 Å². The number of carbonyl (C=O) groups is 1. The summed E-state index contributed by atoms with van der Waals surface area (Å²) in [5.41, 5.74) is 2.03. The Morgan fingerprint density at radius 2 is 2.27 bits per heavy atom. The van der Waals surface area contributed by atoms with Crippen LogP contribution in [0.3, 0.4) is 0 Å². The van der Waals surface area contributed by atoms with Crippen LogP contribution in [-0.2, 0) is 0 Å². The fourth-order valence-corrected chi connectivity index (χ4v) is 2.15. The molecule has 3 aromatic heterocycles. The number of fused-ring (bicyclic) bond motifs is 1. The Hall–Kier alpha value is -2.91. The van der Waals surface area contributed by atoms with Crippen molar-refractivity contribution in [2.45, 2.75) is 0 Å². The van der Waals surface area contributed by atoms with Gasteiger partial charge in [0.25, 0.3) is 5.91 Å². The molecule has 0 fully saturated rings. The third kappa shape index (κ3) is 2.50. The number of rotatable bonds is 3. The molecule has 0 aromatic carbocycles. The van der Waals surface area contributed by atoms with E-state index in [9.17, 15) is 4.79 Å². The molecular formula is C15H10ClN5O. The summed E-state index contributed by atoms with van der Waals surface area (Å²) >= 11 is 5.80. The zero-order valence-corrected chi connectivity index (χ0v) is 12.1. The monoisotopic (exact) mass is 311 g/mol. The topological polar surface area (TPSA) is 72.2 Å². The molecule has 0 radical (unpaired) electrons. The number of pyridine rings is 1. The summed E-state index contributed by atoms with van der Waals surface area (Å²) < 4.78 is 1.66. The van der Waals surface area contributed by atoms with Gasteiger partial charge in [0.2, 0.25) is 5.82 Å². The number of aromatic nitrogens is 4. The SMILES string of the molecule is C#CCNC(=O)c1nc(-c2ccc(Cl)nc2)c2cnccn12. The molecule has 3 heterocycles. The van der Waals surface area contributed by atoms with E-state index < -0.39 is 0 Å². The third-order valence-electron chi connectivity index (χ3n) is 3.00. The Morgan fingerprint density at radius 3 is 3.00 bits per heavy atom. The molecule has 7 heteroatoms. The minimum absolute atomic E-state index is 0.136. The Morgan fingerprint density at radius 1 is 1.41 bits per heavy atom. The van der Waals surface area contributed by atoms with Gasteiger partial charge in [-0.25, -0.2) is 9.97 Å². The van der Waals surface area contributed by atoms with Crippen molar-refractivity contribution in [2.75, 3.05) is 6.54 Å². The predicted octanol–water partition coefficient (Wildman–Crippen LogP) is 1.81. The number of nitrogens with zero attached hydrogens (tertiary/aromatic N) is 4. The summed E-state index contributed by atoms with van der Waals surface area (Å²) in [5, 5.41) is 2.99. The first-order valence-electron chi connectivity index (χ1n) is 6.36. The molecule has 0 saturated carbocycles. The predicted molar refractivity (Wildman–Crippen MR) is 82.4 cm³/mol. The van der Waals surface area contributed by atoms with E-state index in [0.29, 0.717) is 16.4 Å². The second-order valence-corrected chi connectivity index (χ2v) is 4.76. The maximum Gasteiger partial charge on any atom is 0.288 e. The van der Waals surface area contributed by atoms with Crippen LogP contribution in [0.2, 0.25) is 5.15 Å². The van der Waals surface area contributed by atoms with Crippen molar-refractivity contribution in [1.82, 2.24) is 24.7 Å². The van der Waals surface area contributed by atoms with Crippen molar-refractivity contribution in [3.8, 4) is 23.6 Å². The third-order valence-corrected chi connectivity index (χ3v) is 3.23. The summed E-state index contributed by atoms with van der Waals surface area (Å²) in [6.45, 7) is 0.136. The van der Waals surface area contributed by atoms with Crippen LogP contribution < -0.4 is 5.32 Å². The molecule has 3 aromatic rings. The molecule has 0 atom stereocenters. The highest BCUT2D eigenvalue weighted by Gasteiger charge is 2.18. The Labute approximate surface area is 131 Å². The second kappa shape index (κ2) is 5.84. The van der Waals surface area contributed by atoms with Crippen LogP contribution in [0, 0.1) is 12.3 Å². The smallest absolute Gasteiger partial charge is 0.288 e. The number of nitrogens with one attached hydrogen (secondary N) is 1. The Kier molecular flexibility index (Phi) is 3.73. The second-order valence-electron chi connectivity index (χ2n) is 4.37. The fourth-order valence-electron chi connectivity index (χ4n) is 2.04. The molecule has 0 unspecified atom stereocenters. The lowest BCUT2D eigenvalue weighted by molar-refractivity contribution is 0.0948. The van der Waals surface area contributed by atoms with Gasteiger partial charge in [0.1, 0.15) is 10.8 Å². The van der Waals surface area contributed by atoms with Gasteiger partial charge in [0.05, 0.1) is 18.3 Å². The molecule has 0 saturated heterocycles. The van der Waals surface area contributed by atoms with E-state index >= 15 is 0 Å². The molecule has 1 amide bonds. The molecule has 1 N–H and O–H groups in total. The van der Waals surface area contributed by atoms with Gasteiger partial charge < -0.3 is 5.32 Å². The maximum atomic E-state index is 12.2. The van der Waals surface area contributed by atoms with Crippen LogP contribution in [-0.4, -0.2) is 31.8 Å². The minimum Gasteiger partial charge on any atom is -0.338 e. The number of carbonyl (C=O) groups excluding carboxylic acids is 1. The number of hydrogen-bond acceptors (Lipinski definition) is 4. The van der Waals surface area contributed by atoms with Crippen molar-refractivity contribution in [2.24, 2.45) is 0 Å². The minimum atomic E-state index is -0.354. The van der Waals surface area contributed by atoms with Crippen molar-refractivity contribution < 1.29 is 4.79 Å². The maximum absolute atomic E-state index is 12.2. The van der Waals surface area contributed by atoms with E-state index in [1.807, 2.05) is 0 Å². The summed E-state index contributed by atoms with van der Waals surface area (Å²) in [6.07, 6.45) is 11.6. The molecule has 6 nitrogen and oxygen atoms in total. The first-order valence-corrected chi connectivity index (χ1v) is 6.74. The van der Waals surface area contributed by atoms with E-state index in [1.54, 1.807) is 41.3 Å². The van der Waals surface area contributed by atoms with Gasteiger partial charge in [-0.3, -0.25) is 14.2 Å². The molecule has 0 aliphatic carbocycles. The van der Waals surface area contributed by atoms with Gasteiger partial charge in [-0.2, -0.15) is 0 Å². The summed E-state index contributed by atoms with van der Waals surface area (Å²) in [6, 6.07) is 3.45. The number of terminal acetylenes is 1. The summed E-state index contributed by atoms with van der Waals surface area (Å²) in [4.78, 5) is 24.7. The van der Waals surface area contributed by atoms with E-state index in [0.717, 1.165) is 5.56 Å². The first-order chi connectivity index (χ1) is 10.7. The van der Waals surface area contributed by atoms with Crippen LogP contribution in [0.1, 0.15) is 10.6 Å². The van der Waals surface area contributed by atoms with Crippen molar-refractivity contribution in [1.29, 1.82) is 0 Å². The molecule has 0 bridgehead atoms. The lowest BCUT2D eigenvalue weighted by Crippen LogP contribution is -2.25. The number of imidazole rings is 1. The van der Waals surface area contributed by atoms with E-state index in [2.05, 4.69) is 26.2 Å². The van der Waals surface area contributed by atoms with Crippen LogP contribution in [0.15, 0.2) is 36.9 Å². The highest BCUT2D eigenvalue weighted by Crippen LogP contribution is 2.24. The average molecular weight is 312 g/mol.